The molecule has 2 N–H and O–H groups in total. The highest BCUT2D eigenvalue weighted by molar-refractivity contribution is 7.10. The van der Waals surface area contributed by atoms with E-state index in [1.807, 2.05) is 17.6 Å². The third-order valence-corrected chi connectivity index (χ3v) is 4.89. The Morgan fingerprint density at radius 2 is 2.48 bits per heavy atom. The van der Waals surface area contributed by atoms with Gasteiger partial charge in [-0.15, -0.1) is 11.3 Å². The van der Waals surface area contributed by atoms with Gasteiger partial charge in [0.25, 0.3) is 0 Å². The number of carbonyl (C=O) groups excluding carboxylic acids is 1. The lowest BCUT2D eigenvalue weighted by molar-refractivity contribution is 0.100. The van der Waals surface area contributed by atoms with Gasteiger partial charge in [0.1, 0.15) is 5.82 Å². The molecule has 1 amide bonds. The number of fused-ring (bicyclic) bond motifs is 1. The molecule has 0 unspecified atom stereocenters. The maximum Gasteiger partial charge on any atom is 0.249 e. The Kier molecular flexibility index (Phi) is 4.07. The Morgan fingerprint density at radius 1 is 1.62 bits per heavy atom. The lowest BCUT2D eigenvalue weighted by Gasteiger charge is -2.27. The summed E-state index contributed by atoms with van der Waals surface area (Å²) in [5.74, 6) is 1.52. The Balaban J connectivity index is 1.54. The van der Waals surface area contributed by atoms with E-state index in [9.17, 15) is 4.79 Å². The van der Waals surface area contributed by atoms with Crippen LogP contribution in [-0.2, 0) is 19.5 Å². The van der Waals surface area contributed by atoms with Gasteiger partial charge < -0.3 is 15.2 Å². The van der Waals surface area contributed by atoms with Gasteiger partial charge in [-0.1, -0.05) is 0 Å². The molecule has 0 spiro atoms. The van der Waals surface area contributed by atoms with Crippen molar-refractivity contribution in [2.24, 2.45) is 11.7 Å². The summed E-state index contributed by atoms with van der Waals surface area (Å²) in [5.41, 5.74) is 5.90. The predicted molar refractivity (Wildman–Crippen MR) is 83.2 cm³/mol. The zero-order valence-electron chi connectivity index (χ0n) is 12.2. The molecule has 6 heteroatoms. The highest BCUT2D eigenvalue weighted by Crippen LogP contribution is 2.21. The van der Waals surface area contributed by atoms with E-state index in [0.29, 0.717) is 11.5 Å². The largest absolute Gasteiger partial charge is 0.366 e. The molecule has 0 aliphatic carbocycles. The van der Waals surface area contributed by atoms with Gasteiger partial charge in [-0.3, -0.25) is 4.79 Å². The number of imidazole rings is 1. The molecule has 0 saturated heterocycles. The van der Waals surface area contributed by atoms with Gasteiger partial charge in [0, 0.05) is 48.7 Å². The number of nitrogens with two attached hydrogens (primary N) is 1. The molecule has 1 aliphatic heterocycles. The van der Waals surface area contributed by atoms with Gasteiger partial charge >= 0.3 is 0 Å². The van der Waals surface area contributed by atoms with Crippen molar-refractivity contribution in [3.63, 3.8) is 0 Å². The smallest absolute Gasteiger partial charge is 0.249 e. The van der Waals surface area contributed by atoms with Crippen LogP contribution in [0.5, 0.6) is 0 Å². The van der Waals surface area contributed by atoms with E-state index in [-0.39, 0.29) is 5.91 Å². The van der Waals surface area contributed by atoms with Gasteiger partial charge in [-0.25, -0.2) is 4.98 Å². The number of rotatable bonds is 5. The molecule has 3 rings (SSSR count). The summed E-state index contributed by atoms with van der Waals surface area (Å²) < 4.78 is 2.26. The Labute approximate surface area is 128 Å². The number of hydrogen-bond acceptors (Lipinski definition) is 4. The topological polar surface area (TPSA) is 64.2 Å². The highest BCUT2D eigenvalue weighted by atomic mass is 32.1. The Hall–Kier alpha value is -1.66. The van der Waals surface area contributed by atoms with Crippen molar-refractivity contribution in [2.75, 3.05) is 13.6 Å². The summed E-state index contributed by atoms with van der Waals surface area (Å²) in [5, 5.41) is 1.84. The second kappa shape index (κ2) is 5.99. The zero-order chi connectivity index (χ0) is 14.8. The maximum absolute atomic E-state index is 11.1. The number of amides is 1. The minimum atomic E-state index is -0.347. The molecule has 0 saturated carbocycles. The second-order valence-corrected chi connectivity index (χ2v) is 6.76. The van der Waals surface area contributed by atoms with Crippen LogP contribution in [0.4, 0.5) is 0 Å². The SMILES string of the molecule is CN(Cc1cc(C(N)=O)cs1)C[C@H]1CCc2nccn2C1. The van der Waals surface area contributed by atoms with Crippen molar-refractivity contribution in [3.05, 3.63) is 40.1 Å². The van der Waals surface area contributed by atoms with Crippen molar-refractivity contribution >= 4 is 17.2 Å². The number of hydrogen-bond donors (Lipinski definition) is 1. The summed E-state index contributed by atoms with van der Waals surface area (Å²) in [6.07, 6.45) is 6.22. The molecule has 1 aliphatic rings. The van der Waals surface area contributed by atoms with Crippen molar-refractivity contribution in [1.82, 2.24) is 14.5 Å². The van der Waals surface area contributed by atoms with Crippen molar-refractivity contribution in [3.8, 4) is 0 Å². The van der Waals surface area contributed by atoms with Crippen LogP contribution in [0.3, 0.4) is 0 Å². The van der Waals surface area contributed by atoms with E-state index < -0.39 is 0 Å². The van der Waals surface area contributed by atoms with Crippen LogP contribution in [-0.4, -0.2) is 34.0 Å². The Bertz CT molecular complexity index is 633. The standard InChI is InChI=1S/C15H20N4OS/c1-18(9-13-6-12(10-21-13)15(16)20)7-11-2-3-14-17-4-5-19(14)8-11/h4-6,10-11H,2-3,7-9H2,1H3,(H2,16,20)/t11-/m1/s1. The number of aromatic nitrogens is 2. The number of thiophene rings is 1. The first-order valence-corrected chi connectivity index (χ1v) is 8.05. The molecule has 2 aromatic rings. The molecule has 21 heavy (non-hydrogen) atoms. The van der Waals surface area contributed by atoms with Crippen LogP contribution >= 0.6 is 11.3 Å². The van der Waals surface area contributed by atoms with Crippen molar-refractivity contribution < 1.29 is 4.79 Å². The lowest BCUT2D eigenvalue weighted by atomic mass is 9.99. The molecule has 5 nitrogen and oxygen atoms in total. The van der Waals surface area contributed by atoms with Crippen LogP contribution in [0.2, 0.25) is 0 Å². The summed E-state index contributed by atoms with van der Waals surface area (Å²) in [6.45, 7) is 2.98. The molecule has 0 bridgehead atoms. The second-order valence-electron chi connectivity index (χ2n) is 5.76. The third kappa shape index (κ3) is 3.33. The monoisotopic (exact) mass is 304 g/mol. The van der Waals surface area contributed by atoms with Gasteiger partial charge in [0.2, 0.25) is 5.91 Å². The van der Waals surface area contributed by atoms with Crippen LogP contribution in [0.15, 0.2) is 23.8 Å². The molecular weight excluding hydrogens is 284 g/mol. The number of nitrogens with zero attached hydrogens (tertiary/aromatic N) is 3. The van der Waals surface area contributed by atoms with E-state index in [1.54, 1.807) is 11.3 Å². The van der Waals surface area contributed by atoms with Crippen LogP contribution in [0, 0.1) is 5.92 Å². The minimum Gasteiger partial charge on any atom is -0.366 e. The first kappa shape index (κ1) is 14.3. The van der Waals surface area contributed by atoms with Gasteiger partial charge in [0.15, 0.2) is 0 Å². The highest BCUT2D eigenvalue weighted by Gasteiger charge is 2.20. The predicted octanol–water partition coefficient (Wildman–Crippen LogP) is 1.74. The maximum atomic E-state index is 11.1. The van der Waals surface area contributed by atoms with E-state index >= 15 is 0 Å². The molecule has 2 aromatic heterocycles. The Morgan fingerprint density at radius 3 is 3.24 bits per heavy atom. The first-order valence-electron chi connectivity index (χ1n) is 7.17. The normalized spacial score (nSPS) is 17.9. The average Bonchev–Trinajstić information content (AvgIpc) is 3.06. The van der Waals surface area contributed by atoms with E-state index in [2.05, 4.69) is 27.7 Å². The van der Waals surface area contributed by atoms with Crippen molar-refractivity contribution in [1.29, 1.82) is 0 Å². The van der Waals surface area contributed by atoms with E-state index in [4.69, 9.17) is 5.73 Å². The summed E-state index contributed by atoms with van der Waals surface area (Å²) >= 11 is 1.60. The quantitative estimate of drug-likeness (QED) is 0.915. The number of primary amides is 1. The summed E-state index contributed by atoms with van der Waals surface area (Å²) in [7, 11) is 2.13. The zero-order valence-corrected chi connectivity index (χ0v) is 13.0. The summed E-state index contributed by atoms with van der Waals surface area (Å²) in [6, 6.07) is 1.90. The molecular formula is C15H20N4OS. The van der Waals surface area contributed by atoms with Crippen LogP contribution in [0.25, 0.3) is 0 Å². The van der Waals surface area contributed by atoms with Gasteiger partial charge in [0.05, 0.1) is 5.56 Å². The van der Waals surface area contributed by atoms with E-state index in [0.717, 1.165) is 26.1 Å². The van der Waals surface area contributed by atoms with Crippen molar-refractivity contribution in [2.45, 2.75) is 25.9 Å². The molecule has 0 aromatic carbocycles. The minimum absolute atomic E-state index is 0.347. The molecule has 3 heterocycles. The van der Waals surface area contributed by atoms with E-state index in [1.165, 1.54) is 17.1 Å². The first-order chi connectivity index (χ1) is 10.1. The lowest BCUT2D eigenvalue weighted by Crippen LogP contribution is -2.31. The van der Waals surface area contributed by atoms with Gasteiger partial charge in [-0.2, -0.15) is 0 Å². The molecule has 1 atom stereocenters. The molecule has 112 valence electrons. The van der Waals surface area contributed by atoms with Gasteiger partial charge in [-0.05, 0) is 25.5 Å². The average molecular weight is 304 g/mol. The molecule has 0 radical (unpaired) electrons. The number of carbonyl (C=O) groups is 1. The molecule has 0 fully saturated rings. The number of aryl methyl sites for hydroxylation is 1. The fourth-order valence-electron chi connectivity index (χ4n) is 2.95. The van der Waals surface area contributed by atoms with Crippen LogP contribution < -0.4 is 5.73 Å². The fourth-order valence-corrected chi connectivity index (χ4v) is 3.90. The van der Waals surface area contributed by atoms with Crippen LogP contribution in [0.1, 0.15) is 27.5 Å². The third-order valence-electron chi connectivity index (χ3n) is 3.97. The summed E-state index contributed by atoms with van der Waals surface area (Å²) in [4.78, 5) is 19.0. The fraction of sp³-hybridized carbons (Fsp3) is 0.467.